The van der Waals surface area contributed by atoms with E-state index in [0.29, 0.717) is 17.4 Å². The Kier molecular flexibility index (Phi) is 37.3. The molecule has 9 heteroatoms. The van der Waals surface area contributed by atoms with Crippen LogP contribution in [0.15, 0.2) is 12.3 Å². The first-order chi connectivity index (χ1) is 25.6. The van der Waals surface area contributed by atoms with Crippen LogP contribution in [0, 0.1) is 0 Å². The number of phosphoric ester groups is 1. The van der Waals surface area contributed by atoms with Gasteiger partial charge in [0.2, 0.25) is 0 Å². The van der Waals surface area contributed by atoms with Crippen molar-refractivity contribution in [3.05, 3.63) is 12.3 Å². The van der Waals surface area contributed by atoms with Crippen LogP contribution in [0.3, 0.4) is 0 Å². The van der Waals surface area contributed by atoms with E-state index in [2.05, 4.69) is 13.8 Å². The topological polar surface area (TPSA) is 94.1 Å². The van der Waals surface area contributed by atoms with Gasteiger partial charge in [0.25, 0.3) is 7.82 Å². The van der Waals surface area contributed by atoms with E-state index in [4.69, 9.17) is 18.5 Å². The number of hydrogen-bond acceptors (Lipinski definition) is 7. The van der Waals surface area contributed by atoms with Crippen LogP contribution in [0.1, 0.15) is 213 Å². The first-order valence-corrected chi connectivity index (χ1v) is 23.9. The highest BCUT2D eigenvalue weighted by atomic mass is 31.2. The van der Waals surface area contributed by atoms with Crippen molar-refractivity contribution in [2.75, 3.05) is 47.5 Å². The maximum Gasteiger partial charge on any atom is 0.305 e. The molecular formula is C44H88NO7P. The number of carbonyl (C=O) groups excluding carboxylic acids is 1. The number of rotatable bonds is 42. The van der Waals surface area contributed by atoms with E-state index in [1.54, 1.807) is 6.26 Å². The van der Waals surface area contributed by atoms with Gasteiger partial charge in [-0.05, 0) is 25.3 Å². The number of likely N-dealkylation sites (N-methyl/N-ethyl adjacent to an activating group) is 1. The van der Waals surface area contributed by atoms with Crippen molar-refractivity contribution in [3.8, 4) is 0 Å². The van der Waals surface area contributed by atoms with Gasteiger partial charge in [-0.3, -0.25) is 9.36 Å². The summed E-state index contributed by atoms with van der Waals surface area (Å²) in [5.41, 5.74) is 0. The van der Waals surface area contributed by atoms with E-state index in [1.807, 2.05) is 27.2 Å². The summed E-state index contributed by atoms with van der Waals surface area (Å²) in [6.45, 7) is 4.74. The zero-order valence-corrected chi connectivity index (χ0v) is 36.6. The Morgan fingerprint density at radius 3 is 1.40 bits per heavy atom. The molecule has 0 heterocycles. The molecule has 0 saturated heterocycles. The Hall–Kier alpha value is -0.920. The van der Waals surface area contributed by atoms with Crippen LogP contribution in [0.2, 0.25) is 0 Å². The predicted octanol–water partition coefficient (Wildman–Crippen LogP) is 12.8. The van der Waals surface area contributed by atoms with Gasteiger partial charge in [0.05, 0.1) is 34.0 Å². The van der Waals surface area contributed by atoms with Crippen molar-refractivity contribution >= 4 is 13.8 Å². The van der Waals surface area contributed by atoms with Gasteiger partial charge in [-0.2, -0.15) is 0 Å². The number of unbranched alkanes of at least 4 members (excludes halogenated alkanes) is 28. The summed E-state index contributed by atoms with van der Waals surface area (Å²) in [6.07, 6.45) is 41.8. The Morgan fingerprint density at radius 2 is 0.981 bits per heavy atom. The van der Waals surface area contributed by atoms with Gasteiger partial charge in [-0.15, -0.1) is 0 Å². The second kappa shape index (κ2) is 38.0. The van der Waals surface area contributed by atoms with E-state index >= 15 is 0 Å². The van der Waals surface area contributed by atoms with Crippen molar-refractivity contribution < 1.29 is 37.3 Å². The third kappa shape index (κ3) is 42.1. The van der Waals surface area contributed by atoms with E-state index in [1.165, 1.54) is 161 Å². The molecule has 0 fully saturated rings. The SMILES string of the molecule is CCCCCCCCCCCCCC/C=C\OC(COC(=O)CCCCCCCCCCCCCCCCCCC)COP(=O)([O-])OCC[N+](C)(C)C. The molecule has 0 saturated carbocycles. The predicted molar refractivity (Wildman–Crippen MR) is 222 cm³/mol. The number of carbonyl (C=O) groups is 1. The molecule has 0 radical (unpaired) electrons. The van der Waals surface area contributed by atoms with Gasteiger partial charge in [-0.1, -0.05) is 187 Å². The minimum atomic E-state index is -4.51. The van der Waals surface area contributed by atoms with Crippen molar-refractivity contribution in [3.63, 3.8) is 0 Å². The summed E-state index contributed by atoms with van der Waals surface area (Å²) in [6, 6.07) is 0. The Balaban J connectivity index is 4.21. The Morgan fingerprint density at radius 1 is 0.585 bits per heavy atom. The molecule has 0 aromatic heterocycles. The Bertz CT molecular complexity index is 863. The molecule has 8 nitrogen and oxygen atoms in total. The maximum absolute atomic E-state index is 12.5. The van der Waals surface area contributed by atoms with Gasteiger partial charge >= 0.3 is 5.97 Å². The van der Waals surface area contributed by atoms with Crippen molar-refractivity contribution in [2.45, 2.75) is 219 Å². The summed E-state index contributed by atoms with van der Waals surface area (Å²) in [7, 11) is 1.37. The lowest BCUT2D eigenvalue weighted by Crippen LogP contribution is -2.37. The molecular weight excluding hydrogens is 685 g/mol. The Labute approximate surface area is 329 Å². The number of esters is 1. The lowest BCUT2D eigenvalue weighted by Gasteiger charge is -2.28. The van der Waals surface area contributed by atoms with Crippen LogP contribution in [0.5, 0.6) is 0 Å². The standard InChI is InChI=1S/C44H88NO7P/c1-6-8-10-12-14-16-18-20-22-23-24-25-27-29-31-33-35-37-44(46)50-41-43(42-52-53(47,48)51-40-38-45(3,4)5)49-39-36-34-32-30-28-26-21-19-17-15-13-11-9-7-2/h36,39,43H,6-35,37-38,40-42H2,1-5H3/b39-36-. The number of allylic oxidation sites excluding steroid dienone is 1. The molecule has 0 aliphatic carbocycles. The molecule has 0 rings (SSSR count). The summed E-state index contributed by atoms with van der Waals surface area (Å²) in [4.78, 5) is 24.8. The number of hydrogen-bond donors (Lipinski definition) is 0. The first-order valence-electron chi connectivity index (χ1n) is 22.5. The summed E-state index contributed by atoms with van der Waals surface area (Å²) in [5, 5.41) is 0. The molecule has 0 spiro atoms. The highest BCUT2D eigenvalue weighted by Gasteiger charge is 2.19. The van der Waals surface area contributed by atoms with E-state index in [9.17, 15) is 14.3 Å². The van der Waals surface area contributed by atoms with Crippen molar-refractivity contribution in [1.82, 2.24) is 0 Å². The van der Waals surface area contributed by atoms with Crippen LogP contribution in [-0.2, 0) is 27.9 Å². The van der Waals surface area contributed by atoms with Gasteiger partial charge in [0.1, 0.15) is 19.8 Å². The van der Waals surface area contributed by atoms with Crippen LogP contribution in [0.4, 0.5) is 0 Å². The average molecular weight is 774 g/mol. The molecule has 2 unspecified atom stereocenters. The smallest absolute Gasteiger partial charge is 0.305 e. The van der Waals surface area contributed by atoms with E-state index in [-0.39, 0.29) is 25.8 Å². The average Bonchev–Trinajstić information content (AvgIpc) is 3.11. The number of phosphoric acid groups is 1. The van der Waals surface area contributed by atoms with E-state index < -0.39 is 13.9 Å². The zero-order valence-electron chi connectivity index (χ0n) is 35.7. The fourth-order valence-electron chi connectivity index (χ4n) is 6.36. The van der Waals surface area contributed by atoms with Crippen LogP contribution < -0.4 is 4.89 Å². The molecule has 0 N–H and O–H groups in total. The first kappa shape index (κ1) is 52.1. The maximum atomic E-state index is 12.5. The van der Waals surface area contributed by atoms with Gasteiger partial charge in [0.15, 0.2) is 6.10 Å². The number of ether oxygens (including phenoxy) is 2. The number of quaternary nitrogens is 1. The third-order valence-electron chi connectivity index (χ3n) is 9.94. The monoisotopic (exact) mass is 774 g/mol. The molecule has 0 aromatic rings. The minimum Gasteiger partial charge on any atom is -0.756 e. The van der Waals surface area contributed by atoms with Crippen LogP contribution >= 0.6 is 7.82 Å². The van der Waals surface area contributed by atoms with E-state index in [0.717, 1.165) is 32.1 Å². The normalized spacial score (nSPS) is 13.8. The largest absolute Gasteiger partial charge is 0.756 e. The summed E-state index contributed by atoms with van der Waals surface area (Å²) in [5.74, 6) is -0.287. The summed E-state index contributed by atoms with van der Waals surface area (Å²) >= 11 is 0. The molecule has 0 aliphatic rings. The van der Waals surface area contributed by atoms with Crippen LogP contribution in [-0.4, -0.2) is 64.1 Å². The number of nitrogens with zero attached hydrogens (tertiary/aromatic N) is 1. The molecule has 316 valence electrons. The molecule has 0 bridgehead atoms. The zero-order chi connectivity index (χ0) is 39.1. The van der Waals surface area contributed by atoms with Gasteiger partial charge in [0, 0.05) is 6.42 Å². The van der Waals surface area contributed by atoms with Crippen molar-refractivity contribution in [1.29, 1.82) is 0 Å². The lowest BCUT2D eigenvalue weighted by molar-refractivity contribution is -0.870. The fraction of sp³-hybridized carbons (Fsp3) is 0.932. The van der Waals surface area contributed by atoms with Gasteiger partial charge in [-0.25, -0.2) is 0 Å². The minimum absolute atomic E-state index is 0.0308. The second-order valence-corrected chi connectivity index (χ2v) is 17.9. The highest BCUT2D eigenvalue weighted by molar-refractivity contribution is 7.45. The van der Waals surface area contributed by atoms with Crippen LogP contribution in [0.25, 0.3) is 0 Å². The molecule has 0 amide bonds. The fourth-order valence-corrected chi connectivity index (χ4v) is 7.08. The molecule has 2 atom stereocenters. The third-order valence-corrected chi connectivity index (χ3v) is 10.9. The van der Waals surface area contributed by atoms with Crippen molar-refractivity contribution in [2.24, 2.45) is 0 Å². The quantitative estimate of drug-likeness (QED) is 0.0200. The molecule has 0 aliphatic heterocycles. The lowest BCUT2D eigenvalue weighted by atomic mass is 10.0. The second-order valence-electron chi connectivity index (χ2n) is 16.5. The molecule has 0 aromatic carbocycles. The van der Waals surface area contributed by atoms with Gasteiger partial charge < -0.3 is 27.9 Å². The highest BCUT2D eigenvalue weighted by Crippen LogP contribution is 2.38. The summed E-state index contributed by atoms with van der Waals surface area (Å²) < 4.78 is 34.4. The molecule has 53 heavy (non-hydrogen) atoms.